The number of likely N-dealkylation sites (tertiary alicyclic amines) is 1. The van der Waals surface area contributed by atoms with Gasteiger partial charge in [-0.05, 0) is 18.2 Å². The fourth-order valence-electron chi connectivity index (χ4n) is 3.90. The smallest absolute Gasteiger partial charge is 0.303 e. The lowest BCUT2D eigenvalue weighted by molar-refractivity contribution is -0.206. The average molecular weight is 442 g/mol. The van der Waals surface area contributed by atoms with Crippen LogP contribution in [0, 0.1) is 0 Å². The highest BCUT2D eigenvalue weighted by Gasteiger charge is 2.47. The van der Waals surface area contributed by atoms with Crippen LogP contribution in [0.25, 0.3) is 0 Å². The highest BCUT2D eigenvalue weighted by atomic mass is 16.6. The lowest BCUT2D eigenvalue weighted by Crippen LogP contribution is -2.64. The number of hydrogen-bond donors (Lipinski definition) is 0. The minimum atomic E-state index is -0.735. The van der Waals surface area contributed by atoms with E-state index in [1.807, 2.05) is 72.6 Å². The van der Waals surface area contributed by atoms with E-state index >= 15 is 0 Å². The number of ether oxygens (including phenoxy) is 4. The van der Waals surface area contributed by atoms with Crippen molar-refractivity contribution in [2.24, 2.45) is 0 Å². The van der Waals surface area contributed by atoms with Crippen molar-refractivity contribution in [3.63, 3.8) is 0 Å². The van der Waals surface area contributed by atoms with Crippen LogP contribution in [0.2, 0.25) is 0 Å². The molecule has 1 saturated heterocycles. The van der Waals surface area contributed by atoms with Gasteiger partial charge in [0, 0.05) is 20.4 Å². The molecular weight excluding hydrogens is 410 g/mol. The molecule has 1 heterocycles. The third-order valence-corrected chi connectivity index (χ3v) is 5.41. The van der Waals surface area contributed by atoms with Gasteiger partial charge < -0.3 is 18.9 Å². The Morgan fingerprint density at radius 1 is 0.844 bits per heavy atom. The van der Waals surface area contributed by atoms with E-state index in [-0.39, 0.29) is 6.04 Å². The monoisotopic (exact) mass is 441 g/mol. The first-order valence-electron chi connectivity index (χ1n) is 10.8. The lowest BCUT2D eigenvalue weighted by atomic mass is 9.94. The average Bonchev–Trinajstić information content (AvgIpc) is 2.77. The molecule has 3 rings (SSSR count). The van der Waals surface area contributed by atoms with Crippen LogP contribution in [0.15, 0.2) is 60.7 Å². The number of likely N-dealkylation sites (N-methyl/N-ethyl adjacent to an activating group) is 1. The first-order valence-corrected chi connectivity index (χ1v) is 10.8. The molecule has 1 aliphatic heterocycles. The molecular formula is C25H31NO6. The number of hydrogen-bond acceptors (Lipinski definition) is 7. The summed E-state index contributed by atoms with van der Waals surface area (Å²) in [5, 5.41) is 0. The maximum atomic E-state index is 11.9. The van der Waals surface area contributed by atoms with Crippen molar-refractivity contribution in [3.8, 4) is 0 Å². The summed E-state index contributed by atoms with van der Waals surface area (Å²) < 4.78 is 23.4. The van der Waals surface area contributed by atoms with Gasteiger partial charge in [0.25, 0.3) is 0 Å². The number of nitrogens with zero attached hydrogens (tertiary/aromatic N) is 1. The van der Waals surface area contributed by atoms with Gasteiger partial charge in [-0.25, -0.2) is 0 Å². The Labute approximate surface area is 189 Å². The van der Waals surface area contributed by atoms with Crippen molar-refractivity contribution in [1.29, 1.82) is 0 Å². The molecule has 7 heteroatoms. The van der Waals surface area contributed by atoms with E-state index in [4.69, 9.17) is 18.9 Å². The van der Waals surface area contributed by atoms with Crippen LogP contribution < -0.4 is 0 Å². The summed E-state index contributed by atoms with van der Waals surface area (Å²) in [5.74, 6) is -0.897. The largest absolute Gasteiger partial charge is 0.457 e. The maximum absolute atomic E-state index is 11.9. The van der Waals surface area contributed by atoms with E-state index in [1.54, 1.807) is 0 Å². The molecule has 32 heavy (non-hydrogen) atoms. The Hall–Kier alpha value is -2.74. The normalized spacial score (nSPS) is 23.5. The van der Waals surface area contributed by atoms with Gasteiger partial charge >= 0.3 is 11.9 Å². The SMILES string of the molecule is CC(=O)O[C@@H]1[C@H](OC(C)=O)[C@@H](OCc2ccccc2)CN(C)[C@H]1COCc1ccccc1. The van der Waals surface area contributed by atoms with Gasteiger partial charge in [0.1, 0.15) is 6.10 Å². The Balaban J connectivity index is 1.73. The third kappa shape index (κ3) is 6.88. The van der Waals surface area contributed by atoms with Crippen molar-refractivity contribution in [2.45, 2.75) is 51.4 Å². The summed E-state index contributed by atoms with van der Waals surface area (Å²) in [6.07, 6.45) is -1.91. The van der Waals surface area contributed by atoms with E-state index in [2.05, 4.69) is 0 Å². The lowest BCUT2D eigenvalue weighted by Gasteiger charge is -2.46. The Bertz CT molecular complexity index is 859. The molecule has 4 atom stereocenters. The summed E-state index contributed by atoms with van der Waals surface area (Å²) in [6, 6.07) is 19.3. The van der Waals surface area contributed by atoms with Gasteiger partial charge in [-0.2, -0.15) is 0 Å². The molecule has 0 spiro atoms. The first kappa shape index (κ1) is 23.9. The van der Waals surface area contributed by atoms with Gasteiger partial charge in [-0.15, -0.1) is 0 Å². The zero-order chi connectivity index (χ0) is 22.9. The molecule has 2 aromatic rings. The molecule has 0 amide bonds. The third-order valence-electron chi connectivity index (χ3n) is 5.41. The predicted octanol–water partition coefficient (Wildman–Crippen LogP) is 2.97. The maximum Gasteiger partial charge on any atom is 0.303 e. The van der Waals surface area contributed by atoms with Crippen LogP contribution in [0.3, 0.4) is 0 Å². The Kier molecular flexibility index (Phi) is 8.79. The summed E-state index contributed by atoms with van der Waals surface area (Å²) in [7, 11) is 1.93. The topological polar surface area (TPSA) is 74.3 Å². The zero-order valence-corrected chi connectivity index (χ0v) is 18.8. The van der Waals surface area contributed by atoms with Gasteiger partial charge in [-0.1, -0.05) is 60.7 Å². The molecule has 0 aliphatic carbocycles. The summed E-state index contributed by atoms with van der Waals surface area (Å²) in [6.45, 7) is 4.30. The number of benzene rings is 2. The van der Waals surface area contributed by atoms with E-state index < -0.39 is 30.3 Å². The molecule has 0 unspecified atom stereocenters. The van der Waals surface area contributed by atoms with E-state index in [0.29, 0.717) is 26.4 Å². The molecule has 0 N–H and O–H groups in total. The summed E-state index contributed by atoms with van der Waals surface area (Å²) in [5.41, 5.74) is 2.06. The molecule has 0 aromatic heterocycles. The van der Waals surface area contributed by atoms with Crippen LogP contribution in [0.1, 0.15) is 25.0 Å². The predicted molar refractivity (Wildman–Crippen MR) is 119 cm³/mol. The van der Waals surface area contributed by atoms with Crippen molar-refractivity contribution in [1.82, 2.24) is 4.90 Å². The summed E-state index contributed by atoms with van der Waals surface area (Å²) in [4.78, 5) is 25.8. The van der Waals surface area contributed by atoms with E-state index in [0.717, 1.165) is 11.1 Å². The second kappa shape index (κ2) is 11.8. The molecule has 2 aromatic carbocycles. The van der Waals surface area contributed by atoms with Crippen molar-refractivity contribution in [2.75, 3.05) is 20.2 Å². The molecule has 0 bridgehead atoms. The molecule has 0 saturated carbocycles. The molecule has 1 aliphatic rings. The van der Waals surface area contributed by atoms with E-state index in [1.165, 1.54) is 13.8 Å². The molecule has 7 nitrogen and oxygen atoms in total. The fraction of sp³-hybridized carbons (Fsp3) is 0.440. The van der Waals surface area contributed by atoms with Crippen LogP contribution in [0.4, 0.5) is 0 Å². The zero-order valence-electron chi connectivity index (χ0n) is 18.8. The van der Waals surface area contributed by atoms with Gasteiger partial charge in [0.15, 0.2) is 12.2 Å². The molecule has 172 valence electrons. The van der Waals surface area contributed by atoms with Crippen LogP contribution >= 0.6 is 0 Å². The van der Waals surface area contributed by atoms with Crippen molar-refractivity contribution in [3.05, 3.63) is 71.8 Å². The molecule has 0 radical (unpaired) electrons. The van der Waals surface area contributed by atoms with Crippen molar-refractivity contribution >= 4 is 11.9 Å². The second-order valence-corrected chi connectivity index (χ2v) is 7.99. The second-order valence-electron chi connectivity index (χ2n) is 7.99. The minimum absolute atomic E-state index is 0.288. The highest BCUT2D eigenvalue weighted by molar-refractivity contribution is 5.67. The Morgan fingerprint density at radius 2 is 1.38 bits per heavy atom. The fourth-order valence-corrected chi connectivity index (χ4v) is 3.90. The van der Waals surface area contributed by atoms with Crippen LogP contribution in [-0.4, -0.2) is 61.4 Å². The molecule has 1 fully saturated rings. The summed E-state index contributed by atoms with van der Waals surface area (Å²) >= 11 is 0. The number of rotatable bonds is 9. The number of carbonyl (C=O) groups is 2. The van der Waals surface area contributed by atoms with Gasteiger partial charge in [0.2, 0.25) is 0 Å². The standard InChI is InChI=1S/C25H31NO6/c1-18(27)31-24-22(17-29-15-20-10-6-4-7-11-20)26(3)14-23(25(24)32-19(2)28)30-16-21-12-8-5-9-13-21/h4-13,22-25H,14-17H2,1-3H3/t22-,23-,24-,25+/m0/s1. The van der Waals surface area contributed by atoms with Gasteiger partial charge in [-0.3, -0.25) is 14.5 Å². The number of carbonyl (C=O) groups excluding carboxylic acids is 2. The van der Waals surface area contributed by atoms with Crippen molar-refractivity contribution < 1.29 is 28.5 Å². The quantitative estimate of drug-likeness (QED) is 0.554. The highest BCUT2D eigenvalue weighted by Crippen LogP contribution is 2.27. The van der Waals surface area contributed by atoms with Crippen LogP contribution in [-0.2, 0) is 41.8 Å². The number of piperidine rings is 1. The Morgan fingerprint density at radius 3 is 1.94 bits per heavy atom. The van der Waals surface area contributed by atoms with Crippen LogP contribution in [0.5, 0.6) is 0 Å². The number of esters is 2. The van der Waals surface area contributed by atoms with Gasteiger partial charge in [0.05, 0.1) is 25.9 Å². The van der Waals surface area contributed by atoms with E-state index in [9.17, 15) is 9.59 Å². The minimum Gasteiger partial charge on any atom is -0.457 e. The first-order chi connectivity index (χ1) is 15.4.